The van der Waals surface area contributed by atoms with Gasteiger partial charge in [-0.15, -0.1) is 0 Å². The first-order valence-corrected chi connectivity index (χ1v) is 5.47. The minimum Gasteiger partial charge on any atom is -0.481 e. The largest absolute Gasteiger partial charge is 0.481 e. The highest BCUT2D eigenvalue weighted by Gasteiger charge is 2.25. The Morgan fingerprint density at radius 1 is 1.59 bits per heavy atom. The summed E-state index contributed by atoms with van der Waals surface area (Å²) in [6.45, 7) is 4.39. The topological polar surface area (TPSA) is 77.2 Å². The molecule has 0 fully saturated rings. The molecular formula is C12H19N3O2. The third-order valence-corrected chi connectivity index (χ3v) is 2.59. The number of nitrogens with two attached hydrogens (primary N) is 1. The van der Waals surface area contributed by atoms with Gasteiger partial charge in [0.25, 0.3) is 0 Å². The van der Waals surface area contributed by atoms with Crippen molar-refractivity contribution in [3.63, 3.8) is 0 Å². The maximum Gasteiger partial charge on any atom is 0.227 e. The van der Waals surface area contributed by atoms with Crippen LogP contribution in [0.1, 0.15) is 19.4 Å². The molecule has 5 nitrogen and oxygen atoms in total. The lowest BCUT2D eigenvalue weighted by molar-refractivity contribution is -0.129. The Labute approximate surface area is 101 Å². The van der Waals surface area contributed by atoms with Gasteiger partial charge in [-0.2, -0.15) is 0 Å². The van der Waals surface area contributed by atoms with Crippen LogP contribution in [0.25, 0.3) is 0 Å². The number of aromatic nitrogens is 1. The number of nitrogens with zero attached hydrogens (tertiary/aromatic N) is 1. The van der Waals surface area contributed by atoms with Crippen LogP contribution in [0.4, 0.5) is 0 Å². The molecule has 0 spiro atoms. The van der Waals surface area contributed by atoms with Crippen LogP contribution >= 0.6 is 0 Å². The third kappa shape index (κ3) is 3.71. The summed E-state index contributed by atoms with van der Waals surface area (Å²) in [6.07, 6.45) is 1.65. The van der Waals surface area contributed by atoms with E-state index in [4.69, 9.17) is 10.5 Å². The molecule has 1 rings (SSSR count). The summed E-state index contributed by atoms with van der Waals surface area (Å²) in [4.78, 5) is 15.8. The number of nitrogens with one attached hydrogen (secondary N) is 1. The summed E-state index contributed by atoms with van der Waals surface area (Å²) in [5.74, 6) is 0.477. The second kappa shape index (κ2) is 5.63. The molecule has 1 aromatic heterocycles. The predicted octanol–water partition coefficient (Wildman–Crippen LogP) is 0.691. The van der Waals surface area contributed by atoms with E-state index in [-0.39, 0.29) is 5.91 Å². The summed E-state index contributed by atoms with van der Waals surface area (Å²) in [6, 6.07) is 3.62. The Kier molecular flexibility index (Phi) is 4.45. The molecule has 1 heterocycles. The number of rotatable bonds is 5. The number of amides is 1. The maximum absolute atomic E-state index is 11.8. The molecule has 1 aromatic rings. The fourth-order valence-corrected chi connectivity index (χ4v) is 1.19. The predicted molar refractivity (Wildman–Crippen MR) is 65.5 cm³/mol. The second-order valence-corrected chi connectivity index (χ2v) is 4.48. The standard InChI is InChI=1S/C12H19N3O2/c1-12(2,8-13)11(16)15-7-9-4-5-14-10(6-9)17-3/h4-6H,7-8,13H2,1-3H3,(H,15,16). The van der Waals surface area contributed by atoms with Crippen LogP contribution in [0.3, 0.4) is 0 Å². The van der Waals surface area contributed by atoms with Gasteiger partial charge in [0.15, 0.2) is 0 Å². The van der Waals surface area contributed by atoms with Gasteiger partial charge in [-0.25, -0.2) is 4.98 Å². The van der Waals surface area contributed by atoms with Crippen molar-refractivity contribution in [3.05, 3.63) is 23.9 Å². The Hall–Kier alpha value is -1.62. The van der Waals surface area contributed by atoms with Crippen LogP contribution in [0.15, 0.2) is 18.3 Å². The summed E-state index contributed by atoms with van der Waals surface area (Å²) in [5.41, 5.74) is 5.93. The van der Waals surface area contributed by atoms with E-state index in [0.29, 0.717) is 19.0 Å². The fourth-order valence-electron chi connectivity index (χ4n) is 1.19. The van der Waals surface area contributed by atoms with Gasteiger partial charge in [0.05, 0.1) is 12.5 Å². The van der Waals surface area contributed by atoms with E-state index >= 15 is 0 Å². The van der Waals surface area contributed by atoms with Crippen molar-refractivity contribution in [2.24, 2.45) is 11.1 Å². The van der Waals surface area contributed by atoms with Gasteiger partial charge in [-0.05, 0) is 25.5 Å². The van der Waals surface area contributed by atoms with Gasteiger partial charge < -0.3 is 15.8 Å². The second-order valence-electron chi connectivity index (χ2n) is 4.48. The number of hydrogen-bond acceptors (Lipinski definition) is 4. The molecule has 17 heavy (non-hydrogen) atoms. The zero-order chi connectivity index (χ0) is 12.9. The molecule has 94 valence electrons. The van der Waals surface area contributed by atoms with Gasteiger partial charge in [-0.3, -0.25) is 4.79 Å². The summed E-state index contributed by atoms with van der Waals surface area (Å²) in [5, 5.41) is 2.84. The maximum atomic E-state index is 11.8. The van der Waals surface area contributed by atoms with Gasteiger partial charge in [0.2, 0.25) is 11.8 Å². The van der Waals surface area contributed by atoms with Crippen LogP contribution in [-0.4, -0.2) is 24.5 Å². The Morgan fingerprint density at radius 3 is 2.88 bits per heavy atom. The van der Waals surface area contributed by atoms with Crippen molar-refractivity contribution < 1.29 is 9.53 Å². The minimum absolute atomic E-state index is 0.0595. The highest BCUT2D eigenvalue weighted by atomic mass is 16.5. The number of pyridine rings is 1. The van der Waals surface area contributed by atoms with Gasteiger partial charge in [0.1, 0.15) is 0 Å². The molecule has 0 aliphatic rings. The average Bonchev–Trinajstić information content (AvgIpc) is 2.36. The highest BCUT2D eigenvalue weighted by Crippen LogP contribution is 2.13. The molecule has 0 unspecified atom stereocenters. The number of carbonyl (C=O) groups is 1. The molecule has 0 bridgehead atoms. The van der Waals surface area contributed by atoms with Crippen molar-refractivity contribution in [2.45, 2.75) is 20.4 Å². The van der Waals surface area contributed by atoms with E-state index < -0.39 is 5.41 Å². The van der Waals surface area contributed by atoms with Crippen LogP contribution in [-0.2, 0) is 11.3 Å². The SMILES string of the molecule is COc1cc(CNC(=O)C(C)(C)CN)ccn1. The van der Waals surface area contributed by atoms with E-state index in [2.05, 4.69) is 10.3 Å². The zero-order valence-corrected chi connectivity index (χ0v) is 10.5. The molecule has 0 aliphatic heterocycles. The van der Waals surface area contributed by atoms with Crippen molar-refractivity contribution in [3.8, 4) is 5.88 Å². The van der Waals surface area contributed by atoms with E-state index in [1.54, 1.807) is 19.4 Å². The molecule has 0 atom stereocenters. The molecule has 0 saturated heterocycles. The monoisotopic (exact) mass is 237 g/mol. The molecule has 0 aliphatic carbocycles. The van der Waals surface area contributed by atoms with E-state index in [1.807, 2.05) is 19.9 Å². The van der Waals surface area contributed by atoms with E-state index in [1.165, 1.54) is 0 Å². The molecule has 0 saturated carbocycles. The van der Waals surface area contributed by atoms with E-state index in [9.17, 15) is 4.79 Å². The lowest BCUT2D eigenvalue weighted by Crippen LogP contribution is -2.41. The minimum atomic E-state index is -0.545. The first-order chi connectivity index (χ1) is 7.99. The average molecular weight is 237 g/mol. The van der Waals surface area contributed by atoms with Crippen molar-refractivity contribution in [1.82, 2.24) is 10.3 Å². The first-order valence-electron chi connectivity index (χ1n) is 5.47. The smallest absolute Gasteiger partial charge is 0.227 e. The number of methoxy groups -OCH3 is 1. The highest BCUT2D eigenvalue weighted by molar-refractivity contribution is 5.81. The Balaban J connectivity index is 2.58. The van der Waals surface area contributed by atoms with Crippen LogP contribution in [0.2, 0.25) is 0 Å². The van der Waals surface area contributed by atoms with E-state index in [0.717, 1.165) is 5.56 Å². The third-order valence-electron chi connectivity index (χ3n) is 2.59. The van der Waals surface area contributed by atoms with Gasteiger partial charge in [0, 0.05) is 25.4 Å². The summed E-state index contributed by atoms with van der Waals surface area (Å²) >= 11 is 0. The lowest BCUT2D eigenvalue weighted by Gasteiger charge is -2.21. The molecule has 0 aromatic carbocycles. The Bertz CT molecular complexity index is 391. The van der Waals surface area contributed by atoms with Crippen LogP contribution in [0, 0.1) is 5.41 Å². The molecule has 3 N–H and O–H groups in total. The summed E-state index contributed by atoms with van der Waals surface area (Å²) < 4.78 is 5.01. The van der Waals surface area contributed by atoms with Crippen LogP contribution < -0.4 is 15.8 Å². The van der Waals surface area contributed by atoms with Crippen molar-refractivity contribution >= 4 is 5.91 Å². The lowest BCUT2D eigenvalue weighted by atomic mass is 9.92. The number of ether oxygens (including phenoxy) is 1. The molecular weight excluding hydrogens is 218 g/mol. The van der Waals surface area contributed by atoms with Crippen molar-refractivity contribution in [2.75, 3.05) is 13.7 Å². The van der Waals surface area contributed by atoms with Crippen molar-refractivity contribution in [1.29, 1.82) is 0 Å². The van der Waals surface area contributed by atoms with Gasteiger partial charge in [-0.1, -0.05) is 0 Å². The fraction of sp³-hybridized carbons (Fsp3) is 0.500. The first kappa shape index (κ1) is 13.4. The number of hydrogen-bond donors (Lipinski definition) is 2. The summed E-state index contributed by atoms with van der Waals surface area (Å²) in [7, 11) is 1.56. The Morgan fingerprint density at radius 2 is 2.29 bits per heavy atom. The quantitative estimate of drug-likeness (QED) is 0.790. The van der Waals surface area contributed by atoms with Gasteiger partial charge >= 0.3 is 0 Å². The zero-order valence-electron chi connectivity index (χ0n) is 10.5. The molecule has 1 amide bonds. The van der Waals surface area contributed by atoms with Crippen LogP contribution in [0.5, 0.6) is 5.88 Å². The number of carbonyl (C=O) groups excluding carboxylic acids is 1. The molecule has 5 heteroatoms. The normalized spacial score (nSPS) is 11.1. The molecule has 0 radical (unpaired) electrons.